The molecule has 0 aliphatic carbocycles. The van der Waals surface area contributed by atoms with E-state index in [1.807, 2.05) is 48.6 Å². The average molecular weight is 708 g/mol. The minimum absolute atomic E-state index is 0.0136. The third-order valence-corrected chi connectivity index (χ3v) is 11.2. The lowest BCUT2D eigenvalue weighted by Gasteiger charge is -2.25. The van der Waals surface area contributed by atoms with Gasteiger partial charge >= 0.3 is 0 Å². The van der Waals surface area contributed by atoms with Gasteiger partial charge in [0.25, 0.3) is 0 Å². The van der Waals surface area contributed by atoms with Gasteiger partial charge in [0, 0.05) is 66.1 Å². The maximum Gasteiger partial charge on any atom is 0.240 e. The van der Waals surface area contributed by atoms with Gasteiger partial charge < -0.3 is 9.45 Å². The standard InChI is InChI=1S/C41H45N3O6S/c1-6-42-32-20-18-28(27-38(47)44-36(45)22-23-37(44)46)26-31(32)40(2,3)34(42)16-8-7-9-17-35-41(4,5)39-30-15-11-10-14-29(30)19-21-33(39)43(35)24-12-13-25-51(48,49)50/h7-11,14-21,26H,6,12-13,22-25,27H2,1-5H3. The summed E-state index contributed by atoms with van der Waals surface area (Å²) in [6.07, 6.45) is 11.4. The summed E-state index contributed by atoms with van der Waals surface area (Å²) in [5.41, 5.74) is 6.75. The number of anilines is 1. The van der Waals surface area contributed by atoms with Crippen molar-refractivity contribution in [1.82, 2.24) is 4.90 Å². The zero-order valence-electron chi connectivity index (χ0n) is 29.9. The Morgan fingerprint density at radius 3 is 2.35 bits per heavy atom. The Hall–Kier alpha value is -4.67. The SMILES string of the molecule is CCN1/C(=C/C=C/C=C/C2=[N+](CCCCS(=O)(=O)[O-])c3ccc4ccccc4c3C2(C)C)C(C)(C)c2cc(CC(=O)N3C(=O)CCC3=O)ccc21. The van der Waals surface area contributed by atoms with Crippen LogP contribution in [0.1, 0.15) is 77.0 Å². The van der Waals surface area contributed by atoms with Crippen LogP contribution in [0.4, 0.5) is 11.4 Å². The first-order valence-electron chi connectivity index (χ1n) is 17.6. The van der Waals surface area contributed by atoms with Crippen molar-refractivity contribution in [3.63, 3.8) is 0 Å². The number of allylic oxidation sites excluding steroid dienone is 6. The van der Waals surface area contributed by atoms with Gasteiger partial charge in [-0.25, -0.2) is 13.3 Å². The van der Waals surface area contributed by atoms with E-state index in [0.29, 0.717) is 19.4 Å². The molecule has 0 radical (unpaired) electrons. The highest BCUT2D eigenvalue weighted by Gasteiger charge is 2.45. The molecule has 51 heavy (non-hydrogen) atoms. The molecule has 6 rings (SSSR count). The van der Waals surface area contributed by atoms with Crippen LogP contribution in [-0.4, -0.2) is 64.7 Å². The highest BCUT2D eigenvalue weighted by Crippen LogP contribution is 2.48. The Balaban J connectivity index is 1.25. The Bertz CT molecular complexity index is 2160. The molecule has 0 spiro atoms. The second kappa shape index (κ2) is 13.8. The monoisotopic (exact) mass is 707 g/mol. The summed E-state index contributed by atoms with van der Waals surface area (Å²) in [4.78, 5) is 40.2. The summed E-state index contributed by atoms with van der Waals surface area (Å²) in [5.74, 6) is -1.70. The average Bonchev–Trinajstić information content (AvgIpc) is 3.61. The number of nitrogens with zero attached hydrogens (tertiary/aromatic N) is 3. The quantitative estimate of drug-likeness (QED) is 0.0727. The second-order valence-corrected chi connectivity index (χ2v) is 16.0. The predicted molar refractivity (Wildman–Crippen MR) is 199 cm³/mol. The molecule has 1 fully saturated rings. The highest BCUT2D eigenvalue weighted by atomic mass is 32.2. The number of rotatable bonds is 11. The van der Waals surface area contributed by atoms with Crippen molar-refractivity contribution in [3.05, 3.63) is 107 Å². The van der Waals surface area contributed by atoms with Crippen molar-refractivity contribution in [1.29, 1.82) is 0 Å². The van der Waals surface area contributed by atoms with E-state index < -0.39 is 27.8 Å². The number of fused-ring (bicyclic) bond motifs is 4. The number of benzene rings is 3. The Morgan fingerprint density at radius 2 is 1.65 bits per heavy atom. The van der Waals surface area contributed by atoms with Gasteiger partial charge in [-0.15, -0.1) is 0 Å². The topological polar surface area (TPSA) is 118 Å². The van der Waals surface area contributed by atoms with Gasteiger partial charge in [-0.1, -0.05) is 68.5 Å². The molecular weight excluding hydrogens is 663 g/mol. The van der Waals surface area contributed by atoms with Crippen LogP contribution in [0.3, 0.4) is 0 Å². The van der Waals surface area contributed by atoms with Gasteiger partial charge in [0.1, 0.15) is 6.54 Å². The molecule has 3 heterocycles. The van der Waals surface area contributed by atoms with E-state index in [-0.39, 0.29) is 35.8 Å². The molecule has 266 valence electrons. The first-order chi connectivity index (χ1) is 24.1. The summed E-state index contributed by atoms with van der Waals surface area (Å²) in [5, 5.41) is 2.35. The number of imide groups is 3. The third-order valence-electron chi connectivity index (χ3n) is 10.4. The first-order valence-corrected chi connectivity index (χ1v) is 19.2. The molecule has 0 N–H and O–H groups in total. The van der Waals surface area contributed by atoms with E-state index >= 15 is 0 Å². The van der Waals surface area contributed by atoms with Crippen molar-refractivity contribution in [2.45, 2.75) is 77.6 Å². The van der Waals surface area contributed by atoms with E-state index in [0.717, 1.165) is 50.7 Å². The van der Waals surface area contributed by atoms with Crippen molar-refractivity contribution in [3.8, 4) is 0 Å². The van der Waals surface area contributed by atoms with E-state index in [2.05, 4.69) is 80.5 Å². The number of hydrogen-bond acceptors (Lipinski definition) is 7. The van der Waals surface area contributed by atoms with Gasteiger partial charge in [-0.3, -0.25) is 14.4 Å². The Morgan fingerprint density at radius 1 is 0.922 bits per heavy atom. The maximum atomic E-state index is 12.9. The van der Waals surface area contributed by atoms with Crippen LogP contribution in [0.5, 0.6) is 0 Å². The Labute approximate surface area is 300 Å². The largest absolute Gasteiger partial charge is 0.748 e. The zero-order chi connectivity index (χ0) is 36.7. The van der Waals surface area contributed by atoms with Crippen LogP contribution >= 0.6 is 0 Å². The van der Waals surface area contributed by atoms with E-state index in [9.17, 15) is 27.4 Å². The second-order valence-electron chi connectivity index (χ2n) is 14.5. The lowest BCUT2D eigenvalue weighted by atomic mass is 9.79. The van der Waals surface area contributed by atoms with Crippen molar-refractivity contribution in [2.75, 3.05) is 23.7 Å². The van der Waals surface area contributed by atoms with Crippen LogP contribution in [0.2, 0.25) is 0 Å². The summed E-state index contributed by atoms with van der Waals surface area (Å²) in [6, 6.07) is 18.5. The number of hydrogen-bond donors (Lipinski definition) is 0. The molecule has 3 amide bonds. The minimum Gasteiger partial charge on any atom is -0.748 e. The van der Waals surface area contributed by atoms with Crippen molar-refractivity contribution in [2.24, 2.45) is 0 Å². The van der Waals surface area contributed by atoms with Gasteiger partial charge in [0.05, 0.1) is 22.0 Å². The number of unbranched alkanes of at least 4 members (excludes halogenated alkanes) is 1. The fraction of sp³-hybridized carbons (Fsp3) is 0.366. The fourth-order valence-electron chi connectivity index (χ4n) is 7.96. The molecule has 0 unspecified atom stereocenters. The molecular formula is C41H45N3O6S. The van der Waals surface area contributed by atoms with Gasteiger partial charge in [0.2, 0.25) is 23.4 Å². The molecule has 0 atom stereocenters. The number of carbonyl (C=O) groups is 3. The normalized spacial score (nSPS) is 19.1. The van der Waals surface area contributed by atoms with E-state index in [1.165, 1.54) is 10.9 Å². The van der Waals surface area contributed by atoms with Crippen LogP contribution in [-0.2, 0) is 41.8 Å². The smallest absolute Gasteiger partial charge is 0.240 e. The molecule has 10 heteroatoms. The Kier molecular flexibility index (Phi) is 9.78. The van der Waals surface area contributed by atoms with Gasteiger partial charge in [-0.2, -0.15) is 4.58 Å². The summed E-state index contributed by atoms with van der Waals surface area (Å²) in [7, 11) is -4.26. The van der Waals surface area contributed by atoms with Gasteiger partial charge in [-0.05, 0) is 67.3 Å². The van der Waals surface area contributed by atoms with E-state index in [4.69, 9.17) is 0 Å². The molecule has 9 nitrogen and oxygen atoms in total. The van der Waals surface area contributed by atoms with Crippen LogP contribution in [0, 0.1) is 0 Å². The third kappa shape index (κ3) is 6.87. The van der Waals surface area contributed by atoms with Crippen molar-refractivity contribution < 1.29 is 31.9 Å². The lowest BCUT2D eigenvalue weighted by molar-refractivity contribution is -0.438. The zero-order valence-corrected chi connectivity index (χ0v) is 30.8. The maximum absolute atomic E-state index is 12.9. The van der Waals surface area contributed by atoms with Crippen LogP contribution < -0.4 is 4.90 Å². The first kappa shape index (κ1) is 36.1. The molecule has 1 saturated heterocycles. The number of carbonyl (C=O) groups excluding carboxylic acids is 3. The molecule has 0 aromatic heterocycles. The fourth-order valence-corrected chi connectivity index (χ4v) is 8.52. The molecule has 3 aromatic rings. The van der Waals surface area contributed by atoms with Crippen LogP contribution in [0.25, 0.3) is 10.8 Å². The summed E-state index contributed by atoms with van der Waals surface area (Å²) < 4.78 is 36.1. The summed E-state index contributed by atoms with van der Waals surface area (Å²) in [6.45, 7) is 12.2. The summed E-state index contributed by atoms with van der Waals surface area (Å²) >= 11 is 0. The van der Waals surface area contributed by atoms with Gasteiger partial charge in [0.15, 0.2) is 5.71 Å². The molecule has 0 bridgehead atoms. The number of amides is 3. The predicted octanol–water partition coefficient (Wildman–Crippen LogP) is 6.57. The lowest BCUT2D eigenvalue weighted by Crippen LogP contribution is -2.36. The molecule has 0 saturated carbocycles. The molecule has 3 aliphatic heterocycles. The minimum atomic E-state index is -4.26. The van der Waals surface area contributed by atoms with Crippen LogP contribution in [0.15, 0.2) is 90.7 Å². The van der Waals surface area contributed by atoms with E-state index in [1.54, 1.807) is 0 Å². The number of likely N-dealkylation sites (N-methyl/N-ethyl adjacent to an activating group) is 1. The highest BCUT2D eigenvalue weighted by molar-refractivity contribution is 7.85. The van der Waals surface area contributed by atoms with Crippen molar-refractivity contribution >= 4 is 55.7 Å². The molecule has 3 aromatic carbocycles. The molecule has 3 aliphatic rings. The number of likely N-dealkylation sites (tertiary alicyclic amines) is 1.